The zero-order valence-corrected chi connectivity index (χ0v) is 12.5. The molecule has 20 heavy (non-hydrogen) atoms. The van der Waals surface area contributed by atoms with E-state index in [0.29, 0.717) is 5.56 Å². The molecule has 2 aromatic rings. The molecule has 0 amide bonds. The van der Waals surface area contributed by atoms with E-state index in [1.807, 2.05) is 19.9 Å². The monoisotopic (exact) mass is 291 g/mol. The lowest BCUT2D eigenvalue weighted by molar-refractivity contribution is 0.477. The van der Waals surface area contributed by atoms with Gasteiger partial charge in [-0.15, -0.1) is 0 Å². The van der Waals surface area contributed by atoms with Gasteiger partial charge in [-0.05, 0) is 50.1 Å². The molecule has 0 heterocycles. The standard InChI is InChI=1S/C15H17NO3S/c1-10-5-7-15(12(3)8-10)20(18,19)16-13-6-4-11(2)9-14(13)17/h4-9,16-17H,1-3H3. The van der Waals surface area contributed by atoms with Crippen LogP contribution in [0, 0.1) is 20.8 Å². The molecule has 0 atom stereocenters. The fourth-order valence-electron chi connectivity index (χ4n) is 2.03. The zero-order valence-electron chi connectivity index (χ0n) is 11.6. The van der Waals surface area contributed by atoms with E-state index in [1.54, 1.807) is 31.2 Å². The van der Waals surface area contributed by atoms with Crippen molar-refractivity contribution in [2.45, 2.75) is 25.7 Å². The highest BCUT2D eigenvalue weighted by atomic mass is 32.2. The Labute approximate surface area is 119 Å². The van der Waals surface area contributed by atoms with Crippen molar-refractivity contribution in [3.05, 3.63) is 53.1 Å². The third-order valence-electron chi connectivity index (χ3n) is 3.02. The molecule has 5 heteroatoms. The molecule has 2 aromatic carbocycles. The molecule has 0 unspecified atom stereocenters. The highest BCUT2D eigenvalue weighted by Crippen LogP contribution is 2.27. The number of benzene rings is 2. The molecule has 4 nitrogen and oxygen atoms in total. The lowest BCUT2D eigenvalue weighted by Gasteiger charge is -2.12. The number of nitrogens with one attached hydrogen (secondary N) is 1. The molecular formula is C15H17NO3S. The van der Waals surface area contributed by atoms with Gasteiger partial charge in [0.05, 0.1) is 10.6 Å². The van der Waals surface area contributed by atoms with E-state index in [2.05, 4.69) is 4.72 Å². The maximum absolute atomic E-state index is 12.3. The lowest BCUT2D eigenvalue weighted by Crippen LogP contribution is -2.14. The summed E-state index contributed by atoms with van der Waals surface area (Å²) in [5.41, 5.74) is 2.70. The van der Waals surface area contributed by atoms with Crippen LogP contribution in [-0.2, 0) is 10.0 Å². The number of sulfonamides is 1. The molecule has 2 rings (SSSR count). The highest BCUT2D eigenvalue weighted by Gasteiger charge is 2.18. The lowest BCUT2D eigenvalue weighted by atomic mass is 10.2. The highest BCUT2D eigenvalue weighted by molar-refractivity contribution is 7.92. The van der Waals surface area contributed by atoms with Crippen LogP contribution in [0.3, 0.4) is 0 Å². The molecule has 0 bridgehead atoms. The van der Waals surface area contributed by atoms with Crippen molar-refractivity contribution in [2.75, 3.05) is 4.72 Å². The number of hydrogen-bond donors (Lipinski definition) is 2. The van der Waals surface area contributed by atoms with Gasteiger partial charge in [0.2, 0.25) is 0 Å². The molecule has 0 aliphatic rings. The molecular weight excluding hydrogens is 274 g/mol. The quantitative estimate of drug-likeness (QED) is 0.854. The minimum atomic E-state index is -3.71. The van der Waals surface area contributed by atoms with Crippen molar-refractivity contribution in [3.63, 3.8) is 0 Å². The number of rotatable bonds is 3. The van der Waals surface area contributed by atoms with Gasteiger partial charge in [-0.1, -0.05) is 23.8 Å². The van der Waals surface area contributed by atoms with E-state index in [9.17, 15) is 13.5 Å². The molecule has 0 spiro atoms. The number of aryl methyl sites for hydroxylation is 3. The normalized spacial score (nSPS) is 11.3. The van der Waals surface area contributed by atoms with E-state index >= 15 is 0 Å². The predicted octanol–water partition coefficient (Wildman–Crippen LogP) is 3.12. The fourth-order valence-corrected chi connectivity index (χ4v) is 3.33. The summed E-state index contributed by atoms with van der Waals surface area (Å²) in [7, 11) is -3.71. The Balaban J connectivity index is 2.41. The Morgan fingerprint density at radius 2 is 1.55 bits per heavy atom. The molecule has 2 N–H and O–H groups in total. The maximum atomic E-state index is 12.3. The molecule has 0 aliphatic carbocycles. The molecule has 0 fully saturated rings. The van der Waals surface area contributed by atoms with Crippen LogP contribution in [0.5, 0.6) is 5.75 Å². The summed E-state index contributed by atoms with van der Waals surface area (Å²) in [4.78, 5) is 0.211. The summed E-state index contributed by atoms with van der Waals surface area (Å²) in [6.07, 6.45) is 0. The van der Waals surface area contributed by atoms with Gasteiger partial charge >= 0.3 is 0 Å². The van der Waals surface area contributed by atoms with Crippen molar-refractivity contribution in [2.24, 2.45) is 0 Å². The number of phenolic OH excluding ortho intramolecular Hbond substituents is 1. The van der Waals surface area contributed by atoms with Gasteiger partial charge in [-0.25, -0.2) is 8.42 Å². The second-order valence-electron chi connectivity index (χ2n) is 4.90. The molecule has 106 valence electrons. The maximum Gasteiger partial charge on any atom is 0.262 e. The first-order chi connectivity index (χ1) is 9.29. The largest absolute Gasteiger partial charge is 0.506 e. The van der Waals surface area contributed by atoms with Crippen LogP contribution >= 0.6 is 0 Å². The van der Waals surface area contributed by atoms with E-state index in [0.717, 1.165) is 11.1 Å². The van der Waals surface area contributed by atoms with Crippen LogP contribution < -0.4 is 4.72 Å². The van der Waals surface area contributed by atoms with E-state index in [4.69, 9.17) is 0 Å². The topological polar surface area (TPSA) is 66.4 Å². The summed E-state index contributed by atoms with van der Waals surface area (Å²) >= 11 is 0. The van der Waals surface area contributed by atoms with Crippen molar-refractivity contribution >= 4 is 15.7 Å². The Hall–Kier alpha value is -2.01. The smallest absolute Gasteiger partial charge is 0.262 e. The summed E-state index contributed by atoms with van der Waals surface area (Å²) in [6.45, 7) is 5.47. The second kappa shape index (κ2) is 5.17. The average molecular weight is 291 g/mol. The van der Waals surface area contributed by atoms with Gasteiger partial charge in [-0.3, -0.25) is 4.72 Å². The van der Waals surface area contributed by atoms with Crippen molar-refractivity contribution in [1.29, 1.82) is 0 Å². The molecule has 0 saturated heterocycles. The number of phenols is 1. The number of anilines is 1. The third-order valence-corrected chi connectivity index (χ3v) is 4.54. The van der Waals surface area contributed by atoms with Crippen LogP contribution in [-0.4, -0.2) is 13.5 Å². The minimum Gasteiger partial charge on any atom is -0.506 e. The Kier molecular flexibility index (Phi) is 3.72. The zero-order chi connectivity index (χ0) is 14.9. The second-order valence-corrected chi connectivity index (χ2v) is 6.55. The fraction of sp³-hybridized carbons (Fsp3) is 0.200. The van der Waals surface area contributed by atoms with Gasteiger partial charge in [0.25, 0.3) is 10.0 Å². The summed E-state index contributed by atoms with van der Waals surface area (Å²) in [6, 6.07) is 9.92. The molecule has 0 aliphatic heterocycles. The van der Waals surface area contributed by atoms with Gasteiger partial charge in [0.1, 0.15) is 5.75 Å². The third kappa shape index (κ3) is 2.93. The first kappa shape index (κ1) is 14.4. The Morgan fingerprint density at radius 3 is 2.15 bits per heavy atom. The van der Waals surface area contributed by atoms with Gasteiger partial charge in [-0.2, -0.15) is 0 Å². The molecule has 0 aromatic heterocycles. The minimum absolute atomic E-state index is 0.0849. The Bertz CT molecular complexity index is 752. The van der Waals surface area contributed by atoms with Crippen molar-refractivity contribution < 1.29 is 13.5 Å². The van der Waals surface area contributed by atoms with Crippen LogP contribution in [0.2, 0.25) is 0 Å². The van der Waals surface area contributed by atoms with Crippen LogP contribution in [0.15, 0.2) is 41.3 Å². The predicted molar refractivity (Wildman–Crippen MR) is 79.6 cm³/mol. The summed E-state index contributed by atoms with van der Waals surface area (Å²) in [5.74, 6) is -0.0849. The van der Waals surface area contributed by atoms with Crippen LogP contribution in [0.25, 0.3) is 0 Å². The van der Waals surface area contributed by atoms with Gasteiger partial charge in [0.15, 0.2) is 0 Å². The summed E-state index contributed by atoms with van der Waals surface area (Å²) in [5, 5.41) is 9.79. The number of hydrogen-bond acceptors (Lipinski definition) is 3. The molecule has 0 saturated carbocycles. The number of aromatic hydroxyl groups is 1. The first-order valence-corrected chi connectivity index (χ1v) is 7.67. The van der Waals surface area contributed by atoms with Gasteiger partial charge in [0, 0.05) is 0 Å². The van der Waals surface area contributed by atoms with Crippen LogP contribution in [0.4, 0.5) is 5.69 Å². The summed E-state index contributed by atoms with van der Waals surface area (Å²) < 4.78 is 27.1. The van der Waals surface area contributed by atoms with Crippen LogP contribution in [0.1, 0.15) is 16.7 Å². The van der Waals surface area contributed by atoms with E-state index in [-0.39, 0.29) is 16.3 Å². The average Bonchev–Trinajstić information content (AvgIpc) is 2.32. The SMILES string of the molecule is Cc1ccc(S(=O)(=O)Nc2ccc(C)cc2O)c(C)c1. The molecule has 0 radical (unpaired) electrons. The Morgan fingerprint density at radius 1 is 0.950 bits per heavy atom. The van der Waals surface area contributed by atoms with Crippen molar-refractivity contribution in [1.82, 2.24) is 0 Å². The van der Waals surface area contributed by atoms with Crippen molar-refractivity contribution in [3.8, 4) is 5.75 Å². The van der Waals surface area contributed by atoms with Gasteiger partial charge < -0.3 is 5.11 Å². The van der Waals surface area contributed by atoms with E-state index < -0.39 is 10.0 Å². The van der Waals surface area contributed by atoms with E-state index in [1.165, 1.54) is 6.07 Å². The first-order valence-electron chi connectivity index (χ1n) is 6.19.